The number of carbonyl (C=O) groups is 3. The monoisotopic (exact) mass is 537 g/mol. The Morgan fingerprint density at radius 3 is 2.31 bits per heavy atom. The molecule has 3 aliphatic carbocycles. The Morgan fingerprint density at radius 1 is 1.10 bits per heavy atom. The third-order valence-corrected chi connectivity index (χ3v) is 8.14. The number of amides is 1. The van der Waals surface area contributed by atoms with Gasteiger partial charge in [-0.1, -0.05) is 31.3 Å². The van der Waals surface area contributed by atoms with Gasteiger partial charge in [0.05, 0.1) is 17.2 Å². The maximum absolute atomic E-state index is 14.1. The first-order valence-electron chi connectivity index (χ1n) is 13.0. The number of hydrogen-bond donors (Lipinski definition) is 5. The first-order valence-corrected chi connectivity index (χ1v) is 13.0. The molecule has 1 saturated carbocycles. The lowest BCUT2D eigenvalue weighted by molar-refractivity contribution is -0.154. The molecule has 4 rings (SSSR count). The number of Topliss-reactive ketones (excluding diaryl/α,β-unsaturated/α-hetero) is 2. The van der Waals surface area contributed by atoms with Crippen LogP contribution in [0.25, 0.3) is 5.76 Å². The highest BCUT2D eigenvalue weighted by Gasteiger charge is 2.65. The normalized spacial score (nSPS) is 28.2. The van der Waals surface area contributed by atoms with Gasteiger partial charge in [-0.15, -0.1) is 0 Å². The Kier molecular flexibility index (Phi) is 7.38. The van der Waals surface area contributed by atoms with Crippen LogP contribution in [0.3, 0.4) is 0 Å². The van der Waals surface area contributed by atoms with Gasteiger partial charge >= 0.3 is 0 Å². The van der Waals surface area contributed by atoms with Crippen LogP contribution < -0.4 is 5.73 Å². The van der Waals surface area contributed by atoms with Crippen molar-refractivity contribution in [3.05, 3.63) is 45.7 Å². The van der Waals surface area contributed by atoms with Gasteiger partial charge in [0, 0.05) is 29.9 Å². The molecule has 5 atom stereocenters. The molecule has 0 heterocycles. The number of rotatable bonds is 5. The Bertz CT molecular complexity index is 1380. The molecule has 10 nitrogen and oxygen atoms in total. The van der Waals surface area contributed by atoms with Crippen molar-refractivity contribution in [1.82, 2.24) is 9.80 Å². The quantitative estimate of drug-likeness (QED) is 0.213. The van der Waals surface area contributed by atoms with Crippen molar-refractivity contribution in [1.29, 1.82) is 0 Å². The van der Waals surface area contributed by atoms with Crippen molar-refractivity contribution in [2.24, 2.45) is 17.6 Å². The summed E-state index contributed by atoms with van der Waals surface area (Å²) in [6.07, 6.45) is 2.50. The first kappa shape index (κ1) is 28.4. The Labute approximate surface area is 227 Å². The number of carbonyl (C=O) groups excluding carboxylic acids is 3. The lowest BCUT2D eigenvalue weighted by Gasteiger charge is -2.52. The molecule has 1 unspecified atom stereocenters. The largest absolute Gasteiger partial charge is 0.508 e. The Balaban J connectivity index is 1.98. The zero-order valence-corrected chi connectivity index (χ0v) is 22.8. The van der Waals surface area contributed by atoms with Crippen LogP contribution in [0, 0.1) is 23.7 Å². The second-order valence-corrected chi connectivity index (χ2v) is 10.9. The molecule has 208 valence electrons. The van der Waals surface area contributed by atoms with Crippen LogP contribution in [0.5, 0.6) is 5.75 Å². The fraction of sp³-hybridized carbons (Fsp3) is 0.483. The van der Waals surface area contributed by atoms with Gasteiger partial charge in [0.25, 0.3) is 5.91 Å². The second-order valence-electron chi connectivity index (χ2n) is 10.9. The molecule has 1 aromatic rings. The number of hydrogen-bond acceptors (Lipinski definition) is 9. The molecule has 10 heteroatoms. The van der Waals surface area contributed by atoms with Crippen molar-refractivity contribution in [3.8, 4) is 17.6 Å². The summed E-state index contributed by atoms with van der Waals surface area (Å²) in [6, 6.07) is 1.75. The molecule has 3 aliphatic rings. The van der Waals surface area contributed by atoms with Crippen LogP contribution >= 0.6 is 0 Å². The Hall–Kier alpha value is -3.65. The lowest BCUT2D eigenvalue weighted by atomic mass is 9.56. The fourth-order valence-electron chi connectivity index (χ4n) is 6.40. The van der Waals surface area contributed by atoms with E-state index >= 15 is 0 Å². The van der Waals surface area contributed by atoms with Gasteiger partial charge in [-0.05, 0) is 52.7 Å². The summed E-state index contributed by atoms with van der Waals surface area (Å²) in [5.41, 5.74) is 2.51. The van der Waals surface area contributed by atoms with Gasteiger partial charge in [-0.3, -0.25) is 19.3 Å². The molecule has 1 fully saturated rings. The van der Waals surface area contributed by atoms with Gasteiger partial charge in [-0.2, -0.15) is 0 Å². The maximum Gasteiger partial charge on any atom is 0.255 e. The van der Waals surface area contributed by atoms with E-state index in [0.717, 1.165) is 12.8 Å². The summed E-state index contributed by atoms with van der Waals surface area (Å²) in [6.45, 7) is 2.04. The highest BCUT2D eigenvalue weighted by Crippen LogP contribution is 2.56. The molecule has 39 heavy (non-hydrogen) atoms. The summed E-state index contributed by atoms with van der Waals surface area (Å²) < 4.78 is 0. The number of phenols is 1. The predicted molar refractivity (Wildman–Crippen MR) is 143 cm³/mol. The van der Waals surface area contributed by atoms with Crippen LogP contribution in [0.4, 0.5) is 0 Å². The number of aliphatic hydroxyl groups is 3. The van der Waals surface area contributed by atoms with Gasteiger partial charge in [0.2, 0.25) is 5.78 Å². The molecule has 6 N–H and O–H groups in total. The molecular formula is C29H35N3O7. The van der Waals surface area contributed by atoms with Crippen molar-refractivity contribution in [2.75, 3.05) is 28.2 Å². The minimum atomic E-state index is -2.69. The number of aliphatic hydroxyl groups excluding tert-OH is 2. The molecular weight excluding hydrogens is 502 g/mol. The highest BCUT2D eigenvalue weighted by atomic mass is 16.3. The molecule has 1 aromatic carbocycles. The molecule has 0 aromatic heterocycles. The molecule has 0 bridgehead atoms. The van der Waals surface area contributed by atoms with Crippen molar-refractivity contribution in [2.45, 2.75) is 50.3 Å². The third kappa shape index (κ3) is 4.13. The average molecular weight is 538 g/mol. The van der Waals surface area contributed by atoms with E-state index in [2.05, 4.69) is 11.8 Å². The molecule has 0 saturated heterocycles. The number of nitrogens with two attached hydrogens (primary N) is 1. The summed E-state index contributed by atoms with van der Waals surface area (Å²) in [5, 5.41) is 45.5. The van der Waals surface area contributed by atoms with E-state index in [0.29, 0.717) is 12.0 Å². The fourth-order valence-corrected chi connectivity index (χ4v) is 6.40. The molecule has 0 aliphatic heterocycles. The number of unbranched alkanes of at least 4 members (excludes halogenated alkanes) is 2. The second kappa shape index (κ2) is 10.2. The number of primary amides is 1. The summed E-state index contributed by atoms with van der Waals surface area (Å²) >= 11 is 0. The first-order chi connectivity index (χ1) is 18.3. The predicted octanol–water partition coefficient (Wildman–Crippen LogP) is 1.57. The van der Waals surface area contributed by atoms with Gasteiger partial charge in [0.1, 0.15) is 22.8 Å². The molecule has 0 radical (unpaired) electrons. The minimum Gasteiger partial charge on any atom is -0.508 e. The van der Waals surface area contributed by atoms with E-state index in [9.17, 15) is 34.8 Å². The van der Waals surface area contributed by atoms with E-state index in [-0.39, 0.29) is 28.9 Å². The van der Waals surface area contributed by atoms with Crippen LogP contribution in [-0.2, 0) is 14.4 Å². The van der Waals surface area contributed by atoms with Crippen molar-refractivity contribution in [3.63, 3.8) is 0 Å². The third-order valence-electron chi connectivity index (χ3n) is 8.14. The van der Waals surface area contributed by atoms with Crippen LogP contribution in [0.2, 0.25) is 0 Å². The average Bonchev–Trinajstić information content (AvgIpc) is 2.84. The summed E-state index contributed by atoms with van der Waals surface area (Å²) in [7, 11) is 6.70. The number of aromatic hydroxyl groups is 1. The number of benzene rings is 1. The SMILES string of the molecule is CCCCC#Cc1ccc2c(c1O)C(O)=C1C(=O)[C@]3(O)C(O)=C(C(N)=O)C(=O)[C@@H](N(C)C)[C@@H]3C[C@@H]1C2N(C)C. The zero-order chi connectivity index (χ0) is 29.0. The lowest BCUT2D eigenvalue weighted by Crippen LogP contribution is -2.66. The number of nitrogens with zero attached hydrogens (tertiary/aromatic N) is 2. The molecule has 0 spiro atoms. The summed E-state index contributed by atoms with van der Waals surface area (Å²) in [4.78, 5) is 42.9. The molecule has 1 amide bonds. The van der Waals surface area contributed by atoms with Gasteiger partial charge < -0.3 is 31.1 Å². The topological polar surface area (TPSA) is 165 Å². The van der Waals surface area contributed by atoms with E-state index in [4.69, 9.17) is 5.73 Å². The van der Waals surface area contributed by atoms with E-state index in [1.807, 2.05) is 11.8 Å². The number of ketones is 2. The summed E-state index contributed by atoms with van der Waals surface area (Å²) in [5.74, 6) is -0.965. The highest BCUT2D eigenvalue weighted by molar-refractivity contribution is 6.24. The number of phenolic OH excluding ortho intramolecular Hbond substituents is 1. The van der Waals surface area contributed by atoms with Crippen molar-refractivity contribution < 1.29 is 34.8 Å². The smallest absolute Gasteiger partial charge is 0.255 e. The number of likely N-dealkylation sites (N-methyl/N-ethyl adjacent to an activating group) is 1. The zero-order valence-electron chi connectivity index (χ0n) is 22.8. The van der Waals surface area contributed by atoms with Crippen LogP contribution in [0.15, 0.2) is 29.0 Å². The van der Waals surface area contributed by atoms with Gasteiger partial charge in [-0.25, -0.2) is 0 Å². The number of fused-ring (bicyclic) bond motifs is 3. The van der Waals surface area contributed by atoms with Gasteiger partial charge in [0.15, 0.2) is 11.4 Å². The van der Waals surface area contributed by atoms with Crippen LogP contribution in [-0.4, -0.2) is 87.5 Å². The Morgan fingerprint density at radius 2 is 1.74 bits per heavy atom. The van der Waals surface area contributed by atoms with Crippen LogP contribution in [0.1, 0.15) is 55.3 Å². The maximum atomic E-state index is 14.1. The van der Waals surface area contributed by atoms with Crippen molar-refractivity contribution >= 4 is 23.2 Å². The van der Waals surface area contributed by atoms with E-state index in [1.165, 1.54) is 4.90 Å². The minimum absolute atomic E-state index is 0.00788. The van der Waals surface area contributed by atoms with E-state index < -0.39 is 64.1 Å². The standard InChI is InChI=1S/C29H35N3O7/c1-6-7-8-9-10-14-11-12-15-18(23(14)33)24(34)19-16(21(15)31(2)3)13-17-22(32(4)5)25(35)20(28(30)38)27(37)29(17,39)26(19)36/h11-12,16-17,21-22,33-34,37,39H,6-8,13H2,1-5H3,(H2,30,38)/t16-,17-,21?,22-,29-/m0/s1. The van der Waals surface area contributed by atoms with E-state index in [1.54, 1.807) is 40.3 Å².